The fraction of sp³-hybridized carbons (Fsp3) is 0.812. The van der Waals surface area contributed by atoms with E-state index in [2.05, 4.69) is 29.3 Å². The number of rotatable bonds is 10. The predicted molar refractivity (Wildman–Crippen MR) is 85.6 cm³/mol. The van der Waals surface area contributed by atoms with Crippen LogP contribution in [0.2, 0.25) is 0 Å². The molecule has 1 fully saturated rings. The average molecular weight is 324 g/mol. The third kappa shape index (κ3) is 6.27. The lowest BCUT2D eigenvalue weighted by Gasteiger charge is -2.15. The monoisotopic (exact) mass is 324 g/mol. The van der Waals surface area contributed by atoms with Crippen LogP contribution in [0.4, 0.5) is 0 Å². The second kappa shape index (κ2) is 8.40. The van der Waals surface area contributed by atoms with E-state index in [1.165, 1.54) is 12.8 Å². The quantitative estimate of drug-likeness (QED) is 0.706. The largest absolute Gasteiger partial charge is 0.370 e. The van der Waals surface area contributed by atoms with Crippen LogP contribution in [-0.4, -0.2) is 47.7 Å². The number of carbonyl (C=O) groups is 1. The zero-order valence-electron chi connectivity index (χ0n) is 14.5. The lowest BCUT2D eigenvalue weighted by molar-refractivity contribution is -0.129. The van der Waals surface area contributed by atoms with Gasteiger partial charge in [0.05, 0.1) is 13.1 Å². The molecule has 23 heavy (non-hydrogen) atoms. The second-order valence-corrected chi connectivity index (χ2v) is 6.74. The summed E-state index contributed by atoms with van der Waals surface area (Å²) in [6.07, 6.45) is 2.34. The van der Waals surface area contributed by atoms with Crippen molar-refractivity contribution in [1.29, 1.82) is 0 Å². The van der Waals surface area contributed by atoms with Gasteiger partial charge in [-0.05, 0) is 38.1 Å². The number of hydrogen-bond acceptors (Lipinski definition) is 6. The molecule has 0 bridgehead atoms. The lowest BCUT2D eigenvalue weighted by Crippen LogP contribution is -2.36. The Hall–Kier alpha value is -1.47. The van der Waals surface area contributed by atoms with Crippen molar-refractivity contribution >= 4 is 5.91 Å². The van der Waals surface area contributed by atoms with Gasteiger partial charge < -0.3 is 19.5 Å². The summed E-state index contributed by atoms with van der Waals surface area (Å²) in [6, 6.07) is 0. The molecule has 1 N–H and O–H groups in total. The molecule has 1 aromatic rings. The van der Waals surface area contributed by atoms with E-state index in [1.807, 2.05) is 6.92 Å². The van der Waals surface area contributed by atoms with Crippen LogP contribution in [0.15, 0.2) is 4.52 Å². The minimum absolute atomic E-state index is 0.0227. The molecular weight excluding hydrogens is 296 g/mol. The van der Waals surface area contributed by atoms with E-state index in [4.69, 9.17) is 9.26 Å². The lowest BCUT2D eigenvalue weighted by atomic mass is 10.2. The number of nitrogens with one attached hydrogen (secondary N) is 1. The SMILES string of the molecule is CC(C)COC(C)c1noc(CN(C)C(=O)CNCC2CC2)n1. The highest BCUT2D eigenvalue weighted by molar-refractivity contribution is 5.77. The van der Waals surface area contributed by atoms with Crippen LogP contribution < -0.4 is 5.32 Å². The molecule has 0 saturated heterocycles. The van der Waals surface area contributed by atoms with E-state index in [-0.39, 0.29) is 12.0 Å². The molecule has 1 atom stereocenters. The van der Waals surface area contributed by atoms with Crippen molar-refractivity contribution < 1.29 is 14.1 Å². The van der Waals surface area contributed by atoms with Crippen LogP contribution >= 0.6 is 0 Å². The summed E-state index contributed by atoms with van der Waals surface area (Å²) in [4.78, 5) is 17.9. The van der Waals surface area contributed by atoms with E-state index in [1.54, 1.807) is 11.9 Å². The van der Waals surface area contributed by atoms with Gasteiger partial charge in [-0.2, -0.15) is 4.98 Å². The smallest absolute Gasteiger partial charge is 0.246 e. The molecule has 0 radical (unpaired) electrons. The molecule has 7 nitrogen and oxygen atoms in total. The van der Waals surface area contributed by atoms with E-state index in [9.17, 15) is 4.79 Å². The van der Waals surface area contributed by atoms with Crippen molar-refractivity contribution in [2.24, 2.45) is 11.8 Å². The molecular formula is C16H28N4O3. The number of aromatic nitrogens is 2. The van der Waals surface area contributed by atoms with Gasteiger partial charge in [0.1, 0.15) is 6.10 Å². The second-order valence-electron chi connectivity index (χ2n) is 6.74. The topological polar surface area (TPSA) is 80.5 Å². The van der Waals surface area contributed by atoms with Gasteiger partial charge in [-0.15, -0.1) is 0 Å². The zero-order chi connectivity index (χ0) is 16.8. The van der Waals surface area contributed by atoms with Crippen molar-refractivity contribution in [2.45, 2.75) is 46.3 Å². The molecule has 2 rings (SSSR count). The molecule has 0 aliphatic heterocycles. The van der Waals surface area contributed by atoms with Gasteiger partial charge in [-0.3, -0.25) is 4.79 Å². The van der Waals surface area contributed by atoms with Gasteiger partial charge in [-0.1, -0.05) is 19.0 Å². The summed E-state index contributed by atoms with van der Waals surface area (Å²) in [5, 5.41) is 7.12. The molecule has 1 heterocycles. The number of carbonyl (C=O) groups excluding carboxylic acids is 1. The highest BCUT2D eigenvalue weighted by Crippen LogP contribution is 2.27. The predicted octanol–water partition coefficient (Wildman–Crippen LogP) is 1.76. The Morgan fingerprint density at radius 1 is 1.43 bits per heavy atom. The number of amides is 1. The van der Waals surface area contributed by atoms with E-state index in [0.29, 0.717) is 37.3 Å². The summed E-state index contributed by atoms with van der Waals surface area (Å²) in [6.45, 7) is 8.31. The molecule has 1 aliphatic carbocycles. The van der Waals surface area contributed by atoms with Crippen LogP contribution in [0, 0.1) is 11.8 Å². The molecule has 0 spiro atoms. The highest BCUT2D eigenvalue weighted by Gasteiger charge is 2.21. The normalized spacial score (nSPS) is 15.9. The maximum atomic E-state index is 12.0. The standard InChI is InChI=1S/C16H28N4O3/c1-11(2)10-22-12(3)16-18-14(23-19-16)9-20(4)15(21)8-17-7-13-5-6-13/h11-13,17H,5-10H2,1-4H3. The Bertz CT molecular complexity index is 499. The first-order valence-electron chi connectivity index (χ1n) is 8.34. The molecule has 1 saturated carbocycles. The summed E-state index contributed by atoms with van der Waals surface area (Å²) in [5.41, 5.74) is 0. The van der Waals surface area contributed by atoms with E-state index < -0.39 is 0 Å². The van der Waals surface area contributed by atoms with Gasteiger partial charge in [0, 0.05) is 13.7 Å². The van der Waals surface area contributed by atoms with Crippen molar-refractivity contribution in [3.8, 4) is 0 Å². The minimum Gasteiger partial charge on any atom is -0.370 e. The van der Waals surface area contributed by atoms with Crippen LogP contribution in [0.1, 0.15) is 51.4 Å². The molecule has 1 aliphatic rings. The van der Waals surface area contributed by atoms with Gasteiger partial charge in [-0.25, -0.2) is 0 Å². The molecule has 1 unspecified atom stereocenters. The van der Waals surface area contributed by atoms with Gasteiger partial charge in [0.15, 0.2) is 5.82 Å². The first-order valence-corrected chi connectivity index (χ1v) is 8.34. The van der Waals surface area contributed by atoms with Crippen molar-refractivity contribution in [2.75, 3.05) is 26.7 Å². The summed E-state index contributed by atoms with van der Waals surface area (Å²) in [7, 11) is 1.74. The first kappa shape index (κ1) is 17.9. The molecule has 7 heteroatoms. The van der Waals surface area contributed by atoms with Crippen molar-refractivity contribution in [3.63, 3.8) is 0 Å². The van der Waals surface area contributed by atoms with Gasteiger partial charge in [0.2, 0.25) is 11.8 Å². The van der Waals surface area contributed by atoms with E-state index >= 15 is 0 Å². The number of likely N-dealkylation sites (N-methyl/N-ethyl adjacent to an activating group) is 1. The number of nitrogens with zero attached hydrogens (tertiary/aromatic N) is 3. The fourth-order valence-electron chi connectivity index (χ4n) is 2.04. The number of ether oxygens (including phenoxy) is 1. The first-order chi connectivity index (χ1) is 11.0. The third-order valence-corrected chi connectivity index (χ3v) is 3.73. The van der Waals surface area contributed by atoms with Crippen LogP contribution in [0.3, 0.4) is 0 Å². The van der Waals surface area contributed by atoms with Crippen molar-refractivity contribution in [1.82, 2.24) is 20.4 Å². The summed E-state index contributed by atoms with van der Waals surface area (Å²) >= 11 is 0. The zero-order valence-corrected chi connectivity index (χ0v) is 14.5. The molecule has 1 aromatic heterocycles. The van der Waals surface area contributed by atoms with E-state index in [0.717, 1.165) is 12.5 Å². The van der Waals surface area contributed by atoms with Gasteiger partial charge >= 0.3 is 0 Å². The maximum absolute atomic E-state index is 12.0. The molecule has 130 valence electrons. The molecule has 0 aromatic carbocycles. The maximum Gasteiger partial charge on any atom is 0.246 e. The summed E-state index contributed by atoms with van der Waals surface area (Å²) in [5.74, 6) is 2.19. The highest BCUT2D eigenvalue weighted by atomic mass is 16.5. The average Bonchev–Trinajstić information content (AvgIpc) is 3.21. The van der Waals surface area contributed by atoms with Gasteiger partial charge in [0.25, 0.3) is 0 Å². The van der Waals surface area contributed by atoms with Crippen molar-refractivity contribution in [3.05, 3.63) is 11.7 Å². The Labute approximate surface area is 137 Å². The Kier molecular flexibility index (Phi) is 6.53. The molecule has 1 amide bonds. The van der Waals surface area contributed by atoms with Crippen LogP contribution in [0.25, 0.3) is 0 Å². The Morgan fingerprint density at radius 3 is 2.83 bits per heavy atom. The number of hydrogen-bond donors (Lipinski definition) is 1. The van der Waals surface area contributed by atoms with Crippen LogP contribution in [-0.2, 0) is 16.1 Å². The minimum atomic E-state index is -0.212. The fourth-order valence-corrected chi connectivity index (χ4v) is 2.04. The van der Waals surface area contributed by atoms with Crippen LogP contribution in [0.5, 0.6) is 0 Å². The third-order valence-electron chi connectivity index (χ3n) is 3.73. The summed E-state index contributed by atoms with van der Waals surface area (Å²) < 4.78 is 10.9. The Morgan fingerprint density at radius 2 is 2.17 bits per heavy atom. The Balaban J connectivity index is 1.74.